The zero-order valence-electron chi connectivity index (χ0n) is 14.9. The quantitative estimate of drug-likeness (QED) is 0.839. The molecule has 8 heteroatoms. The van der Waals surface area contributed by atoms with Crippen LogP contribution in [0.15, 0.2) is 6.07 Å². The van der Waals surface area contributed by atoms with E-state index in [1.165, 1.54) is 7.05 Å². The number of carbonyl (C=O) groups is 1. The molecular formula is C16H23ClN6O. The highest BCUT2D eigenvalue weighted by atomic mass is 35.5. The molecule has 0 aliphatic carbocycles. The minimum atomic E-state index is -0.380. The summed E-state index contributed by atoms with van der Waals surface area (Å²) in [4.78, 5) is 22.4. The van der Waals surface area contributed by atoms with Gasteiger partial charge in [-0.3, -0.25) is 4.79 Å². The number of anilines is 1. The highest BCUT2D eigenvalue weighted by molar-refractivity contribution is 6.31. The number of hydrogen-bond acceptors (Lipinski definition) is 5. The SMILES string of the molecule is CCN(C)c1nc(C(=O)NC)nc(Cl)c1-n1nc(C)cc1C(C)C. The third-order valence-corrected chi connectivity index (χ3v) is 4.02. The van der Waals surface area contributed by atoms with Gasteiger partial charge in [-0.05, 0) is 25.8 Å². The van der Waals surface area contributed by atoms with E-state index in [9.17, 15) is 4.79 Å². The second-order valence-electron chi connectivity index (χ2n) is 5.88. The molecule has 24 heavy (non-hydrogen) atoms. The summed E-state index contributed by atoms with van der Waals surface area (Å²) < 4.78 is 1.78. The molecule has 0 saturated heterocycles. The number of aromatic nitrogens is 4. The zero-order valence-corrected chi connectivity index (χ0v) is 15.6. The number of rotatable bonds is 5. The van der Waals surface area contributed by atoms with Crippen LogP contribution in [-0.2, 0) is 0 Å². The van der Waals surface area contributed by atoms with Crippen molar-refractivity contribution >= 4 is 23.3 Å². The van der Waals surface area contributed by atoms with Crippen molar-refractivity contribution in [1.82, 2.24) is 25.1 Å². The number of nitrogens with one attached hydrogen (secondary N) is 1. The fourth-order valence-corrected chi connectivity index (χ4v) is 2.58. The Morgan fingerprint density at radius 2 is 2.08 bits per heavy atom. The summed E-state index contributed by atoms with van der Waals surface area (Å²) in [6.07, 6.45) is 0. The molecule has 0 radical (unpaired) electrons. The Kier molecular flexibility index (Phi) is 5.43. The Morgan fingerprint density at radius 3 is 2.62 bits per heavy atom. The number of carbonyl (C=O) groups excluding carboxylic acids is 1. The maximum Gasteiger partial charge on any atom is 0.288 e. The molecule has 0 aromatic carbocycles. The lowest BCUT2D eigenvalue weighted by atomic mass is 10.1. The third-order valence-electron chi connectivity index (χ3n) is 3.75. The van der Waals surface area contributed by atoms with Crippen molar-refractivity contribution < 1.29 is 4.79 Å². The summed E-state index contributed by atoms with van der Waals surface area (Å²) in [6.45, 7) is 8.80. The molecule has 0 aliphatic rings. The van der Waals surface area contributed by atoms with E-state index in [4.69, 9.17) is 11.6 Å². The monoisotopic (exact) mass is 350 g/mol. The van der Waals surface area contributed by atoms with Crippen molar-refractivity contribution in [3.8, 4) is 5.69 Å². The number of amides is 1. The van der Waals surface area contributed by atoms with Crippen LogP contribution in [0, 0.1) is 6.92 Å². The first-order valence-corrected chi connectivity index (χ1v) is 8.25. The minimum Gasteiger partial charge on any atom is -0.358 e. The lowest BCUT2D eigenvalue weighted by Gasteiger charge is -2.22. The molecule has 0 spiro atoms. The van der Waals surface area contributed by atoms with Gasteiger partial charge in [0.1, 0.15) is 5.69 Å². The topological polar surface area (TPSA) is 75.9 Å². The van der Waals surface area contributed by atoms with Crippen LogP contribution < -0.4 is 10.2 Å². The Hall–Kier alpha value is -2.15. The van der Waals surface area contributed by atoms with Gasteiger partial charge in [0.05, 0.1) is 5.69 Å². The molecule has 0 aliphatic heterocycles. The lowest BCUT2D eigenvalue weighted by molar-refractivity contribution is 0.0953. The van der Waals surface area contributed by atoms with Crippen LogP contribution in [0.5, 0.6) is 0 Å². The summed E-state index contributed by atoms with van der Waals surface area (Å²) in [5.74, 6) is 0.480. The molecule has 1 amide bonds. The van der Waals surface area contributed by atoms with Crippen molar-refractivity contribution in [1.29, 1.82) is 0 Å². The fourth-order valence-electron chi connectivity index (χ4n) is 2.34. The van der Waals surface area contributed by atoms with E-state index in [0.29, 0.717) is 18.1 Å². The van der Waals surface area contributed by atoms with Crippen molar-refractivity contribution in [2.75, 3.05) is 25.5 Å². The van der Waals surface area contributed by atoms with Gasteiger partial charge in [-0.1, -0.05) is 25.4 Å². The van der Waals surface area contributed by atoms with Crippen LogP contribution in [0.3, 0.4) is 0 Å². The predicted octanol–water partition coefficient (Wildman–Crippen LogP) is 2.56. The first-order valence-electron chi connectivity index (χ1n) is 7.87. The van der Waals surface area contributed by atoms with E-state index < -0.39 is 0 Å². The molecular weight excluding hydrogens is 328 g/mol. The molecule has 0 saturated carbocycles. The van der Waals surface area contributed by atoms with Gasteiger partial charge in [0.25, 0.3) is 5.91 Å². The largest absolute Gasteiger partial charge is 0.358 e. The van der Waals surface area contributed by atoms with E-state index in [-0.39, 0.29) is 22.8 Å². The lowest BCUT2D eigenvalue weighted by Crippen LogP contribution is -2.26. The van der Waals surface area contributed by atoms with Gasteiger partial charge in [-0.15, -0.1) is 0 Å². The Bertz CT molecular complexity index is 755. The molecule has 0 unspecified atom stereocenters. The van der Waals surface area contributed by atoms with Crippen LogP contribution >= 0.6 is 11.6 Å². The summed E-state index contributed by atoms with van der Waals surface area (Å²) >= 11 is 6.44. The van der Waals surface area contributed by atoms with Gasteiger partial charge in [0, 0.05) is 26.3 Å². The summed E-state index contributed by atoms with van der Waals surface area (Å²) in [7, 11) is 3.42. The summed E-state index contributed by atoms with van der Waals surface area (Å²) in [5, 5.41) is 7.28. The highest BCUT2D eigenvalue weighted by Crippen LogP contribution is 2.31. The van der Waals surface area contributed by atoms with E-state index in [0.717, 1.165) is 11.4 Å². The summed E-state index contributed by atoms with van der Waals surface area (Å²) in [5.41, 5.74) is 2.48. The molecule has 2 heterocycles. The van der Waals surface area contributed by atoms with Crippen LogP contribution in [0.4, 0.5) is 5.82 Å². The Morgan fingerprint density at radius 1 is 1.42 bits per heavy atom. The van der Waals surface area contributed by atoms with Crippen LogP contribution in [0.2, 0.25) is 5.15 Å². The van der Waals surface area contributed by atoms with Gasteiger partial charge in [0.2, 0.25) is 5.82 Å². The number of halogens is 1. The minimum absolute atomic E-state index is 0.0384. The maximum atomic E-state index is 11.9. The van der Waals surface area contributed by atoms with Crippen LogP contribution in [0.25, 0.3) is 5.69 Å². The van der Waals surface area contributed by atoms with Crippen molar-refractivity contribution in [3.05, 3.63) is 28.4 Å². The molecule has 2 aromatic heterocycles. The second-order valence-corrected chi connectivity index (χ2v) is 6.24. The van der Waals surface area contributed by atoms with Gasteiger partial charge in [0.15, 0.2) is 11.0 Å². The molecule has 130 valence electrons. The smallest absolute Gasteiger partial charge is 0.288 e. The van der Waals surface area contributed by atoms with E-state index in [2.05, 4.69) is 34.2 Å². The van der Waals surface area contributed by atoms with Crippen LogP contribution in [-0.4, -0.2) is 46.3 Å². The van der Waals surface area contributed by atoms with E-state index in [1.807, 2.05) is 31.9 Å². The molecule has 1 N–H and O–H groups in total. The Labute approximate surface area is 147 Å². The average molecular weight is 351 g/mol. The standard InChI is InChI=1S/C16H23ClN6O/c1-7-22(6)15-12(13(17)19-14(20-15)16(24)18-5)23-11(9(2)3)8-10(4)21-23/h8-9H,7H2,1-6H3,(H,18,24). The van der Waals surface area contributed by atoms with Crippen LogP contribution in [0.1, 0.15) is 48.7 Å². The van der Waals surface area contributed by atoms with Gasteiger partial charge in [-0.2, -0.15) is 5.10 Å². The first kappa shape index (κ1) is 18.2. The fraction of sp³-hybridized carbons (Fsp3) is 0.500. The third kappa shape index (κ3) is 3.36. The molecule has 2 aromatic rings. The molecule has 0 atom stereocenters. The molecule has 2 rings (SSSR count). The molecule has 0 fully saturated rings. The van der Waals surface area contributed by atoms with Crippen molar-refractivity contribution in [2.45, 2.75) is 33.6 Å². The van der Waals surface area contributed by atoms with E-state index >= 15 is 0 Å². The average Bonchev–Trinajstić information content (AvgIpc) is 2.94. The van der Waals surface area contributed by atoms with Gasteiger partial charge >= 0.3 is 0 Å². The Balaban J connectivity index is 2.76. The van der Waals surface area contributed by atoms with Gasteiger partial charge in [-0.25, -0.2) is 14.6 Å². The maximum absolute atomic E-state index is 11.9. The highest BCUT2D eigenvalue weighted by Gasteiger charge is 2.23. The summed E-state index contributed by atoms with van der Waals surface area (Å²) in [6, 6.07) is 2.02. The predicted molar refractivity (Wildman–Crippen MR) is 95.3 cm³/mol. The van der Waals surface area contributed by atoms with E-state index in [1.54, 1.807) is 4.68 Å². The van der Waals surface area contributed by atoms with Gasteiger partial charge < -0.3 is 10.2 Å². The number of aryl methyl sites for hydroxylation is 1. The second kappa shape index (κ2) is 7.17. The zero-order chi connectivity index (χ0) is 18.0. The number of hydrogen-bond donors (Lipinski definition) is 1. The van der Waals surface area contributed by atoms with Crippen molar-refractivity contribution in [3.63, 3.8) is 0 Å². The normalized spacial score (nSPS) is 11.0. The number of nitrogens with zero attached hydrogens (tertiary/aromatic N) is 5. The molecule has 7 nitrogen and oxygen atoms in total. The first-order chi connectivity index (χ1) is 11.3. The van der Waals surface area contributed by atoms with Crippen molar-refractivity contribution in [2.24, 2.45) is 0 Å². The molecule has 0 bridgehead atoms.